The number of alkyl carbamates (subject to hydrolysis) is 1. The number of aromatic nitrogens is 2. The molecule has 1 aromatic heterocycles. The third-order valence-corrected chi connectivity index (χ3v) is 5.12. The molecule has 1 aliphatic heterocycles. The van der Waals surface area contributed by atoms with Crippen LogP contribution in [-0.2, 0) is 16.1 Å². The van der Waals surface area contributed by atoms with Crippen LogP contribution in [0.5, 0.6) is 5.75 Å². The number of ether oxygens (including phenoxy) is 3. The zero-order chi connectivity index (χ0) is 20.9. The van der Waals surface area contributed by atoms with Crippen LogP contribution in [0.4, 0.5) is 10.5 Å². The molecule has 1 amide bonds. The fourth-order valence-corrected chi connectivity index (χ4v) is 3.48. The fourth-order valence-electron chi connectivity index (χ4n) is 3.48. The monoisotopic (exact) mass is 410 g/mol. The smallest absolute Gasteiger partial charge is 0.407 e. The predicted octanol–water partition coefficient (Wildman–Crippen LogP) is 3.32. The maximum atomic E-state index is 12.0. The number of aromatic amines is 1. The van der Waals surface area contributed by atoms with Crippen molar-refractivity contribution in [2.75, 3.05) is 45.4 Å². The predicted molar refractivity (Wildman–Crippen MR) is 115 cm³/mol. The van der Waals surface area contributed by atoms with Gasteiger partial charge in [-0.25, -0.2) is 4.79 Å². The minimum Gasteiger partial charge on any atom is -0.494 e. The van der Waals surface area contributed by atoms with Gasteiger partial charge in [0.1, 0.15) is 18.1 Å². The number of amides is 1. The number of H-pyrrole nitrogens is 1. The van der Waals surface area contributed by atoms with Crippen molar-refractivity contribution in [3.63, 3.8) is 0 Å². The summed E-state index contributed by atoms with van der Waals surface area (Å²) in [5.41, 5.74) is 4.63. The molecule has 158 valence electrons. The minimum absolute atomic E-state index is 0.186. The highest BCUT2D eigenvalue weighted by molar-refractivity contribution is 5.97. The Hall–Kier alpha value is -3.26. The molecule has 4 bridgehead atoms. The van der Waals surface area contributed by atoms with E-state index in [2.05, 4.69) is 20.4 Å². The summed E-state index contributed by atoms with van der Waals surface area (Å²) in [4.78, 5) is 14.1. The Labute approximate surface area is 175 Å². The molecular weight excluding hydrogens is 384 g/mol. The van der Waals surface area contributed by atoms with E-state index >= 15 is 0 Å². The molecule has 0 spiro atoms. The van der Waals surface area contributed by atoms with E-state index in [-0.39, 0.29) is 6.61 Å². The first-order valence-electron chi connectivity index (χ1n) is 10.0. The van der Waals surface area contributed by atoms with Gasteiger partial charge in [0.25, 0.3) is 0 Å². The van der Waals surface area contributed by atoms with Crippen molar-refractivity contribution >= 4 is 22.7 Å². The highest BCUT2D eigenvalue weighted by Crippen LogP contribution is 2.36. The summed E-state index contributed by atoms with van der Waals surface area (Å²) in [6.07, 6.45) is 0.253. The molecule has 2 heterocycles. The van der Waals surface area contributed by atoms with Gasteiger partial charge < -0.3 is 24.4 Å². The SMILES string of the molecule is COCCN(C)c1ccc2cc1-c1n[nH]c3ccc(cc13)OCCCNC(=O)OC2. The molecule has 0 fully saturated rings. The largest absolute Gasteiger partial charge is 0.494 e. The van der Waals surface area contributed by atoms with Crippen molar-refractivity contribution in [2.45, 2.75) is 13.0 Å². The van der Waals surface area contributed by atoms with Gasteiger partial charge >= 0.3 is 6.09 Å². The number of benzene rings is 2. The topological polar surface area (TPSA) is 88.7 Å². The summed E-state index contributed by atoms with van der Waals surface area (Å²) >= 11 is 0. The summed E-state index contributed by atoms with van der Waals surface area (Å²) in [6.45, 7) is 2.52. The van der Waals surface area contributed by atoms with Crippen LogP contribution in [0.3, 0.4) is 0 Å². The first kappa shape index (κ1) is 20.0. The van der Waals surface area contributed by atoms with Crippen LogP contribution in [0.15, 0.2) is 36.4 Å². The van der Waals surface area contributed by atoms with Gasteiger partial charge in [-0.05, 0) is 42.3 Å². The number of cyclic esters (lactones) is 1. The van der Waals surface area contributed by atoms with Crippen LogP contribution in [-0.4, -0.2) is 56.8 Å². The molecule has 3 aromatic rings. The highest BCUT2D eigenvalue weighted by atomic mass is 16.5. The summed E-state index contributed by atoms with van der Waals surface area (Å²) in [5, 5.41) is 11.5. The van der Waals surface area contributed by atoms with E-state index < -0.39 is 6.09 Å². The Morgan fingerprint density at radius 2 is 2.10 bits per heavy atom. The van der Waals surface area contributed by atoms with Gasteiger partial charge in [-0.15, -0.1) is 0 Å². The second kappa shape index (κ2) is 9.04. The van der Waals surface area contributed by atoms with Gasteiger partial charge in [0, 0.05) is 43.9 Å². The molecule has 0 saturated carbocycles. The molecule has 0 radical (unpaired) electrons. The van der Waals surface area contributed by atoms with Crippen molar-refractivity contribution in [1.82, 2.24) is 15.5 Å². The van der Waals surface area contributed by atoms with Crippen LogP contribution < -0.4 is 15.0 Å². The maximum Gasteiger partial charge on any atom is 0.407 e. The fraction of sp³-hybridized carbons (Fsp3) is 0.364. The molecule has 0 atom stereocenters. The van der Waals surface area contributed by atoms with Crippen LogP contribution in [0.25, 0.3) is 22.2 Å². The van der Waals surface area contributed by atoms with Gasteiger partial charge in [0.05, 0.1) is 18.7 Å². The van der Waals surface area contributed by atoms with E-state index in [1.165, 1.54) is 0 Å². The Morgan fingerprint density at radius 1 is 1.20 bits per heavy atom. The maximum absolute atomic E-state index is 12.0. The van der Waals surface area contributed by atoms with E-state index in [1.54, 1.807) is 7.11 Å². The van der Waals surface area contributed by atoms with Crippen molar-refractivity contribution in [2.24, 2.45) is 0 Å². The number of methoxy groups -OCH3 is 1. The number of carbonyl (C=O) groups excluding carboxylic acids is 1. The Kier molecular flexibility index (Phi) is 6.04. The lowest BCUT2D eigenvalue weighted by Crippen LogP contribution is -2.26. The third kappa shape index (κ3) is 4.33. The van der Waals surface area contributed by atoms with E-state index in [4.69, 9.17) is 14.2 Å². The van der Waals surface area contributed by atoms with Crippen molar-refractivity contribution in [1.29, 1.82) is 0 Å². The Balaban J connectivity index is 1.81. The van der Waals surface area contributed by atoms with E-state index in [0.29, 0.717) is 26.2 Å². The molecular formula is C22H26N4O4. The van der Waals surface area contributed by atoms with Crippen molar-refractivity contribution < 1.29 is 19.0 Å². The normalized spacial score (nSPS) is 14.4. The lowest BCUT2D eigenvalue weighted by molar-refractivity contribution is 0.139. The summed E-state index contributed by atoms with van der Waals surface area (Å²) in [6, 6.07) is 11.9. The first-order chi connectivity index (χ1) is 14.7. The molecule has 0 aliphatic carbocycles. The Bertz CT molecular complexity index is 1030. The lowest BCUT2D eigenvalue weighted by Gasteiger charge is -2.22. The number of hydrogen-bond acceptors (Lipinski definition) is 6. The number of nitrogens with zero attached hydrogens (tertiary/aromatic N) is 2. The molecule has 2 aromatic carbocycles. The first-order valence-corrected chi connectivity index (χ1v) is 10.0. The summed E-state index contributed by atoms with van der Waals surface area (Å²) in [7, 11) is 3.71. The number of fused-ring (bicyclic) bond motifs is 4. The van der Waals surface area contributed by atoms with E-state index in [1.807, 2.05) is 43.4 Å². The molecule has 4 rings (SSSR count). The number of nitrogens with one attached hydrogen (secondary N) is 2. The van der Waals surface area contributed by atoms with Gasteiger partial charge in [-0.2, -0.15) is 5.10 Å². The summed E-state index contributed by atoms with van der Waals surface area (Å²) < 4.78 is 16.5. The van der Waals surface area contributed by atoms with Crippen LogP contribution in [0.2, 0.25) is 0 Å². The lowest BCUT2D eigenvalue weighted by atomic mass is 10.0. The molecule has 2 N–H and O–H groups in total. The van der Waals surface area contributed by atoms with E-state index in [9.17, 15) is 4.79 Å². The van der Waals surface area contributed by atoms with Crippen LogP contribution in [0, 0.1) is 0 Å². The zero-order valence-corrected chi connectivity index (χ0v) is 17.2. The average Bonchev–Trinajstić information content (AvgIpc) is 3.18. The number of carbonyl (C=O) groups is 1. The molecule has 8 heteroatoms. The molecule has 1 aliphatic rings. The van der Waals surface area contributed by atoms with Gasteiger partial charge in [0.2, 0.25) is 0 Å². The van der Waals surface area contributed by atoms with Crippen LogP contribution in [0.1, 0.15) is 12.0 Å². The number of hydrogen-bond donors (Lipinski definition) is 2. The number of anilines is 1. The third-order valence-electron chi connectivity index (χ3n) is 5.12. The average molecular weight is 410 g/mol. The second-order valence-corrected chi connectivity index (χ2v) is 7.25. The Morgan fingerprint density at radius 3 is 2.97 bits per heavy atom. The zero-order valence-electron chi connectivity index (χ0n) is 17.2. The van der Waals surface area contributed by atoms with Gasteiger partial charge in [0.15, 0.2) is 0 Å². The number of rotatable bonds is 4. The standard InChI is InChI=1S/C22H26N4O4/c1-26(9-11-28-2)20-7-4-15-12-18(20)21-17-13-16(5-6-19(17)24-25-21)29-10-3-8-23-22(27)30-14-15/h4-7,12-13H,3,8-11,14H2,1-2H3,(H,23,27)(H,24,25). The molecule has 8 nitrogen and oxygen atoms in total. The summed E-state index contributed by atoms with van der Waals surface area (Å²) in [5.74, 6) is 0.771. The molecule has 0 unspecified atom stereocenters. The van der Waals surface area contributed by atoms with Crippen LogP contribution >= 0.6 is 0 Å². The van der Waals surface area contributed by atoms with Crippen molar-refractivity contribution in [3.05, 3.63) is 42.0 Å². The number of likely N-dealkylation sites (N-methyl/N-ethyl adjacent to an activating group) is 1. The van der Waals surface area contributed by atoms with E-state index in [0.717, 1.165) is 45.7 Å². The molecule has 30 heavy (non-hydrogen) atoms. The molecule has 0 saturated heterocycles. The minimum atomic E-state index is -0.435. The second-order valence-electron chi connectivity index (χ2n) is 7.25. The van der Waals surface area contributed by atoms with Crippen molar-refractivity contribution in [3.8, 4) is 17.0 Å². The highest BCUT2D eigenvalue weighted by Gasteiger charge is 2.17. The van der Waals surface area contributed by atoms with Gasteiger partial charge in [-0.1, -0.05) is 6.07 Å². The quantitative estimate of drug-likeness (QED) is 0.686. The van der Waals surface area contributed by atoms with Gasteiger partial charge in [-0.3, -0.25) is 5.10 Å².